The lowest BCUT2D eigenvalue weighted by Crippen LogP contribution is -2.46. The molecule has 0 N–H and O–H groups in total. The van der Waals surface area contributed by atoms with Crippen LogP contribution in [0, 0.1) is 5.92 Å². The summed E-state index contributed by atoms with van der Waals surface area (Å²) < 4.78 is 11.2. The number of aromatic nitrogens is 2. The minimum absolute atomic E-state index is 0.0857. The average Bonchev–Trinajstić information content (AvgIpc) is 3.39. The van der Waals surface area contributed by atoms with Gasteiger partial charge in [-0.05, 0) is 38.5 Å². The zero-order valence-corrected chi connectivity index (χ0v) is 14.3. The molecule has 2 saturated carbocycles. The molecule has 1 saturated heterocycles. The zero-order valence-electron chi connectivity index (χ0n) is 14.3. The van der Waals surface area contributed by atoms with E-state index >= 15 is 0 Å². The molecule has 3 fully saturated rings. The second kappa shape index (κ2) is 7.21. The molecule has 0 radical (unpaired) electrons. The summed E-state index contributed by atoms with van der Waals surface area (Å²) in [4.78, 5) is 19.1. The van der Waals surface area contributed by atoms with Crippen molar-refractivity contribution in [1.29, 1.82) is 0 Å². The average molecular weight is 333 g/mol. The normalized spacial score (nSPS) is 25.8. The molecule has 24 heavy (non-hydrogen) atoms. The van der Waals surface area contributed by atoms with Crippen molar-refractivity contribution in [2.75, 3.05) is 13.1 Å². The molecule has 1 aliphatic heterocycles. The van der Waals surface area contributed by atoms with Gasteiger partial charge in [-0.15, -0.1) is 0 Å². The summed E-state index contributed by atoms with van der Waals surface area (Å²) in [5.74, 6) is 2.48. The number of likely N-dealkylation sites (tertiary alicyclic amines) is 1. The third kappa shape index (κ3) is 3.79. The lowest BCUT2D eigenvalue weighted by molar-refractivity contribution is -0.141. The van der Waals surface area contributed by atoms with Gasteiger partial charge in [0.05, 0.1) is 6.10 Å². The van der Waals surface area contributed by atoms with Crippen molar-refractivity contribution in [3.05, 3.63) is 11.7 Å². The van der Waals surface area contributed by atoms with Crippen LogP contribution in [0.3, 0.4) is 0 Å². The molecule has 1 atom stereocenters. The summed E-state index contributed by atoms with van der Waals surface area (Å²) in [5, 5.41) is 4.02. The number of nitrogens with zero attached hydrogens (tertiary/aromatic N) is 3. The quantitative estimate of drug-likeness (QED) is 0.828. The first-order valence-corrected chi connectivity index (χ1v) is 9.52. The van der Waals surface area contributed by atoms with Crippen LogP contribution >= 0.6 is 0 Å². The first-order valence-electron chi connectivity index (χ1n) is 9.52. The smallest absolute Gasteiger partial charge is 0.252 e. The van der Waals surface area contributed by atoms with E-state index in [1.807, 2.05) is 4.90 Å². The van der Waals surface area contributed by atoms with E-state index in [1.54, 1.807) is 0 Å². The maximum atomic E-state index is 12.7. The number of hydrogen-bond acceptors (Lipinski definition) is 5. The molecule has 3 aliphatic rings. The summed E-state index contributed by atoms with van der Waals surface area (Å²) in [5.41, 5.74) is 0. The van der Waals surface area contributed by atoms with Gasteiger partial charge in [-0.2, -0.15) is 4.98 Å². The fourth-order valence-corrected chi connectivity index (χ4v) is 3.91. The Bertz CT molecular complexity index is 564. The Balaban J connectivity index is 1.27. The first kappa shape index (κ1) is 16.1. The first-order chi connectivity index (χ1) is 11.8. The number of carbonyl (C=O) groups excluding carboxylic acids is 1. The summed E-state index contributed by atoms with van der Waals surface area (Å²) in [6.07, 6.45) is 10.2. The number of hydrogen-bond donors (Lipinski definition) is 0. The minimum Gasteiger partial charge on any atom is -0.367 e. The highest BCUT2D eigenvalue weighted by Gasteiger charge is 2.31. The van der Waals surface area contributed by atoms with Crippen LogP contribution in [0.2, 0.25) is 0 Å². The highest BCUT2D eigenvalue weighted by atomic mass is 16.5. The maximum absolute atomic E-state index is 12.7. The molecule has 0 aromatic carbocycles. The van der Waals surface area contributed by atoms with Gasteiger partial charge in [0.15, 0.2) is 5.82 Å². The lowest BCUT2D eigenvalue weighted by atomic mass is 9.88. The van der Waals surface area contributed by atoms with Gasteiger partial charge in [-0.1, -0.05) is 24.4 Å². The second-order valence-corrected chi connectivity index (χ2v) is 7.52. The van der Waals surface area contributed by atoms with Crippen molar-refractivity contribution < 1.29 is 14.1 Å². The van der Waals surface area contributed by atoms with E-state index < -0.39 is 0 Å². The van der Waals surface area contributed by atoms with Gasteiger partial charge < -0.3 is 14.2 Å². The van der Waals surface area contributed by atoms with Gasteiger partial charge in [0.25, 0.3) is 5.89 Å². The molecular formula is C18H27N3O3. The van der Waals surface area contributed by atoms with E-state index in [4.69, 9.17) is 9.26 Å². The van der Waals surface area contributed by atoms with E-state index in [-0.39, 0.29) is 12.0 Å². The summed E-state index contributed by atoms with van der Waals surface area (Å²) >= 11 is 0. The molecule has 2 aliphatic carbocycles. The number of rotatable bonds is 5. The lowest BCUT2D eigenvalue weighted by Gasteiger charge is -2.35. The Morgan fingerprint density at radius 1 is 1.12 bits per heavy atom. The van der Waals surface area contributed by atoms with Crippen molar-refractivity contribution in [3.63, 3.8) is 0 Å². The van der Waals surface area contributed by atoms with Gasteiger partial charge >= 0.3 is 0 Å². The van der Waals surface area contributed by atoms with E-state index in [0.29, 0.717) is 30.9 Å². The Morgan fingerprint density at radius 3 is 2.75 bits per heavy atom. The van der Waals surface area contributed by atoms with Gasteiger partial charge in [-0.25, -0.2) is 0 Å². The van der Waals surface area contributed by atoms with Gasteiger partial charge in [0.2, 0.25) is 5.91 Å². The SMILES string of the molecule is O=C(C1CCCCC1)N1CCCC(OCc2nc(C3CC3)no2)C1. The van der Waals surface area contributed by atoms with Gasteiger partial charge in [0, 0.05) is 24.9 Å². The Labute approximate surface area is 142 Å². The predicted molar refractivity (Wildman–Crippen MR) is 87.2 cm³/mol. The highest BCUT2D eigenvalue weighted by molar-refractivity contribution is 5.79. The van der Waals surface area contributed by atoms with Crippen LogP contribution < -0.4 is 0 Å². The molecule has 1 unspecified atom stereocenters. The Morgan fingerprint density at radius 2 is 1.96 bits per heavy atom. The van der Waals surface area contributed by atoms with Crippen LogP contribution in [-0.2, 0) is 16.1 Å². The third-order valence-corrected chi connectivity index (χ3v) is 5.51. The minimum atomic E-state index is 0.0857. The Kier molecular flexibility index (Phi) is 4.83. The van der Waals surface area contributed by atoms with E-state index in [9.17, 15) is 4.79 Å². The monoisotopic (exact) mass is 333 g/mol. The molecule has 0 spiro atoms. The van der Waals surface area contributed by atoms with Gasteiger partial charge in [-0.3, -0.25) is 4.79 Å². The Hall–Kier alpha value is -1.43. The summed E-state index contributed by atoms with van der Waals surface area (Å²) in [7, 11) is 0. The molecule has 1 aromatic heterocycles. The van der Waals surface area contributed by atoms with E-state index in [1.165, 1.54) is 32.1 Å². The number of piperidine rings is 1. The fourth-order valence-electron chi connectivity index (χ4n) is 3.91. The maximum Gasteiger partial charge on any atom is 0.252 e. The molecular weight excluding hydrogens is 306 g/mol. The standard InChI is InChI=1S/C18H27N3O3/c22-18(14-5-2-1-3-6-14)21-10-4-7-15(11-21)23-12-16-19-17(20-24-16)13-8-9-13/h13-15H,1-12H2. The van der Waals surface area contributed by atoms with Crippen LogP contribution in [0.15, 0.2) is 4.52 Å². The molecule has 2 heterocycles. The third-order valence-electron chi connectivity index (χ3n) is 5.51. The largest absolute Gasteiger partial charge is 0.367 e. The fraction of sp³-hybridized carbons (Fsp3) is 0.833. The molecule has 132 valence electrons. The number of ether oxygens (including phenoxy) is 1. The molecule has 6 nitrogen and oxygen atoms in total. The molecule has 6 heteroatoms. The van der Waals surface area contributed by atoms with Crippen LogP contribution in [-0.4, -0.2) is 40.1 Å². The predicted octanol–water partition coefficient (Wildman–Crippen LogP) is 3.03. The highest BCUT2D eigenvalue weighted by Crippen LogP contribution is 2.38. The zero-order chi connectivity index (χ0) is 16.4. The molecule has 1 aromatic rings. The summed E-state index contributed by atoms with van der Waals surface area (Å²) in [6, 6.07) is 0. The molecule has 4 rings (SSSR count). The van der Waals surface area contributed by atoms with Crippen molar-refractivity contribution >= 4 is 5.91 Å². The summed E-state index contributed by atoms with van der Waals surface area (Å²) in [6.45, 7) is 1.94. The topological polar surface area (TPSA) is 68.5 Å². The van der Waals surface area contributed by atoms with E-state index in [0.717, 1.165) is 38.1 Å². The molecule has 1 amide bonds. The molecule has 0 bridgehead atoms. The van der Waals surface area contributed by atoms with Crippen LogP contribution in [0.4, 0.5) is 0 Å². The van der Waals surface area contributed by atoms with Crippen molar-refractivity contribution in [2.45, 2.75) is 76.4 Å². The number of carbonyl (C=O) groups is 1. The second-order valence-electron chi connectivity index (χ2n) is 7.52. The van der Waals surface area contributed by atoms with Crippen molar-refractivity contribution in [3.8, 4) is 0 Å². The van der Waals surface area contributed by atoms with Crippen LogP contribution in [0.5, 0.6) is 0 Å². The van der Waals surface area contributed by atoms with E-state index in [2.05, 4.69) is 10.1 Å². The number of amides is 1. The van der Waals surface area contributed by atoms with Crippen molar-refractivity contribution in [2.24, 2.45) is 5.92 Å². The van der Waals surface area contributed by atoms with Crippen LogP contribution in [0.25, 0.3) is 0 Å². The van der Waals surface area contributed by atoms with Crippen LogP contribution in [0.1, 0.15) is 75.4 Å². The van der Waals surface area contributed by atoms with Gasteiger partial charge in [0.1, 0.15) is 6.61 Å². The van der Waals surface area contributed by atoms with Crippen molar-refractivity contribution in [1.82, 2.24) is 15.0 Å².